The van der Waals surface area contributed by atoms with Gasteiger partial charge in [0.05, 0.1) is 13.2 Å². The molecule has 0 rings (SSSR count). The molecule has 0 saturated heterocycles. The second-order valence-electron chi connectivity index (χ2n) is 4.72. The van der Waals surface area contributed by atoms with Crippen LogP contribution in [-0.2, 0) is 38.1 Å². The molecule has 0 aliphatic heterocycles. The highest BCUT2D eigenvalue weighted by molar-refractivity contribution is 5.89. The molecule has 0 aromatic heterocycles. The van der Waals surface area contributed by atoms with Crippen molar-refractivity contribution in [3.8, 4) is 0 Å². The summed E-state index contributed by atoms with van der Waals surface area (Å²) in [4.78, 5) is 44.9. The Labute approximate surface area is 151 Å². The lowest BCUT2D eigenvalue weighted by atomic mass is 10.2. The summed E-state index contributed by atoms with van der Waals surface area (Å²) in [5, 5.41) is 0. The van der Waals surface area contributed by atoms with Crippen LogP contribution in [0.2, 0.25) is 0 Å². The first-order chi connectivity index (χ1) is 12.3. The van der Waals surface area contributed by atoms with Crippen LogP contribution in [0.4, 0.5) is 0 Å². The van der Waals surface area contributed by atoms with E-state index in [2.05, 4.69) is 31.1 Å². The Bertz CT molecular complexity index is 588. The predicted octanol–water partition coefficient (Wildman–Crippen LogP) is 1.42. The first kappa shape index (κ1) is 22.8. The first-order valence-electron chi connectivity index (χ1n) is 7.60. The second-order valence-corrected chi connectivity index (χ2v) is 4.72. The maximum atomic E-state index is 11.7. The van der Waals surface area contributed by atoms with Gasteiger partial charge < -0.3 is 18.9 Å². The summed E-state index contributed by atoms with van der Waals surface area (Å²) in [5.41, 5.74) is 0.220. The maximum Gasteiger partial charge on any atom is 0.333 e. The van der Waals surface area contributed by atoms with Gasteiger partial charge in [0.15, 0.2) is 0 Å². The predicted molar refractivity (Wildman–Crippen MR) is 91.7 cm³/mol. The Kier molecular flexibility index (Phi) is 11.6. The van der Waals surface area contributed by atoms with Crippen LogP contribution in [0, 0.1) is 0 Å². The topological polar surface area (TPSA) is 105 Å². The van der Waals surface area contributed by atoms with Crippen LogP contribution >= 0.6 is 0 Å². The fourth-order valence-corrected chi connectivity index (χ4v) is 1.34. The highest BCUT2D eigenvalue weighted by Crippen LogP contribution is 2.06. The van der Waals surface area contributed by atoms with Crippen molar-refractivity contribution in [2.75, 3.05) is 26.4 Å². The van der Waals surface area contributed by atoms with Gasteiger partial charge in [-0.15, -0.1) is 0 Å². The summed E-state index contributed by atoms with van der Waals surface area (Å²) in [6.45, 7) is 13.2. The van der Waals surface area contributed by atoms with Gasteiger partial charge in [-0.25, -0.2) is 19.2 Å². The zero-order chi connectivity index (χ0) is 19.9. The van der Waals surface area contributed by atoms with Gasteiger partial charge in [-0.2, -0.15) is 0 Å². The van der Waals surface area contributed by atoms with E-state index in [0.29, 0.717) is 0 Å². The standard InChI is InChI=1S/C18H22O8/c1-5-15(19)23-9-7-13(3)17(21)25-10-8-14(4)18(22)26-12-11-24-16(20)6-2/h5-6H,1-4,7-12H2. The van der Waals surface area contributed by atoms with E-state index in [0.717, 1.165) is 12.2 Å². The molecular weight excluding hydrogens is 344 g/mol. The van der Waals surface area contributed by atoms with Crippen LogP contribution in [0.1, 0.15) is 12.8 Å². The molecule has 0 bridgehead atoms. The van der Waals surface area contributed by atoms with Gasteiger partial charge >= 0.3 is 23.9 Å². The molecule has 142 valence electrons. The van der Waals surface area contributed by atoms with Crippen LogP contribution in [0.5, 0.6) is 0 Å². The van der Waals surface area contributed by atoms with Crippen molar-refractivity contribution in [3.63, 3.8) is 0 Å². The first-order valence-corrected chi connectivity index (χ1v) is 7.60. The molecule has 0 saturated carbocycles. The smallest absolute Gasteiger partial charge is 0.333 e. The molecule has 0 N–H and O–H groups in total. The number of rotatable bonds is 13. The van der Waals surface area contributed by atoms with E-state index in [1.165, 1.54) is 0 Å². The zero-order valence-electron chi connectivity index (χ0n) is 14.5. The second kappa shape index (κ2) is 13.2. The molecule has 0 aliphatic carbocycles. The van der Waals surface area contributed by atoms with Gasteiger partial charge in [0.25, 0.3) is 0 Å². The van der Waals surface area contributed by atoms with Crippen molar-refractivity contribution in [1.82, 2.24) is 0 Å². The third-order valence-corrected chi connectivity index (χ3v) is 2.76. The number of esters is 4. The lowest BCUT2D eigenvalue weighted by Gasteiger charge is -2.09. The van der Waals surface area contributed by atoms with Crippen LogP contribution < -0.4 is 0 Å². The van der Waals surface area contributed by atoms with Crippen molar-refractivity contribution in [2.45, 2.75) is 12.8 Å². The van der Waals surface area contributed by atoms with Gasteiger partial charge in [-0.3, -0.25) is 0 Å². The Hall–Kier alpha value is -3.16. The Morgan fingerprint density at radius 2 is 0.962 bits per heavy atom. The number of carbonyl (C=O) groups is 4. The molecule has 0 radical (unpaired) electrons. The SMILES string of the molecule is C=CC(=O)OCCOC(=O)C(=C)CCOC(=O)C(=C)CCOC(=O)C=C. The number of ether oxygens (including phenoxy) is 4. The summed E-state index contributed by atoms with van der Waals surface area (Å²) in [5.74, 6) is -2.57. The molecule has 0 aromatic carbocycles. The summed E-state index contributed by atoms with van der Waals surface area (Å²) in [7, 11) is 0. The third kappa shape index (κ3) is 10.6. The van der Waals surface area contributed by atoms with Gasteiger partial charge in [-0.05, 0) is 0 Å². The molecule has 0 fully saturated rings. The molecule has 0 atom stereocenters. The number of hydrogen-bond acceptors (Lipinski definition) is 8. The van der Waals surface area contributed by atoms with Crippen molar-refractivity contribution in [3.05, 3.63) is 49.6 Å². The highest BCUT2D eigenvalue weighted by Gasteiger charge is 2.12. The Morgan fingerprint density at radius 1 is 0.615 bits per heavy atom. The monoisotopic (exact) mass is 366 g/mol. The van der Waals surface area contributed by atoms with E-state index in [4.69, 9.17) is 14.2 Å². The number of carbonyl (C=O) groups excluding carboxylic acids is 4. The quantitative estimate of drug-likeness (QED) is 0.209. The molecule has 0 heterocycles. The van der Waals surface area contributed by atoms with Crippen molar-refractivity contribution in [2.24, 2.45) is 0 Å². The van der Waals surface area contributed by atoms with E-state index in [-0.39, 0.29) is 50.4 Å². The Morgan fingerprint density at radius 3 is 1.42 bits per heavy atom. The van der Waals surface area contributed by atoms with Gasteiger partial charge in [-0.1, -0.05) is 26.3 Å². The summed E-state index contributed by atoms with van der Waals surface area (Å²) in [6.07, 6.45) is 2.18. The zero-order valence-corrected chi connectivity index (χ0v) is 14.5. The van der Waals surface area contributed by atoms with Crippen LogP contribution in [-0.4, -0.2) is 50.3 Å². The van der Waals surface area contributed by atoms with Crippen LogP contribution in [0.15, 0.2) is 49.6 Å². The molecule has 0 amide bonds. The summed E-state index contributed by atoms with van der Waals surface area (Å²) < 4.78 is 19.1. The summed E-state index contributed by atoms with van der Waals surface area (Å²) >= 11 is 0. The molecular formula is C18H22O8. The van der Waals surface area contributed by atoms with E-state index < -0.39 is 23.9 Å². The third-order valence-electron chi connectivity index (χ3n) is 2.76. The van der Waals surface area contributed by atoms with Crippen molar-refractivity contribution >= 4 is 23.9 Å². The molecule has 8 nitrogen and oxygen atoms in total. The number of hydrogen-bond donors (Lipinski definition) is 0. The van der Waals surface area contributed by atoms with E-state index in [1.54, 1.807) is 0 Å². The molecule has 0 aliphatic rings. The van der Waals surface area contributed by atoms with Gasteiger partial charge in [0.2, 0.25) is 0 Å². The molecule has 0 unspecified atom stereocenters. The molecule has 26 heavy (non-hydrogen) atoms. The largest absolute Gasteiger partial charge is 0.462 e. The van der Waals surface area contributed by atoms with Gasteiger partial charge in [0, 0.05) is 36.1 Å². The van der Waals surface area contributed by atoms with Crippen molar-refractivity contribution in [1.29, 1.82) is 0 Å². The average molecular weight is 366 g/mol. The van der Waals surface area contributed by atoms with E-state index >= 15 is 0 Å². The normalized spacial score (nSPS) is 9.38. The lowest BCUT2D eigenvalue weighted by molar-refractivity contribution is -0.147. The van der Waals surface area contributed by atoms with Crippen molar-refractivity contribution < 1.29 is 38.1 Å². The van der Waals surface area contributed by atoms with Crippen LogP contribution in [0.25, 0.3) is 0 Å². The summed E-state index contributed by atoms with van der Waals surface area (Å²) in [6, 6.07) is 0. The minimum Gasteiger partial charge on any atom is -0.462 e. The molecule has 0 spiro atoms. The maximum absolute atomic E-state index is 11.7. The lowest BCUT2D eigenvalue weighted by Crippen LogP contribution is -2.16. The Balaban J connectivity index is 3.92. The van der Waals surface area contributed by atoms with E-state index in [1.807, 2.05) is 0 Å². The van der Waals surface area contributed by atoms with Crippen LogP contribution in [0.3, 0.4) is 0 Å². The fourth-order valence-electron chi connectivity index (χ4n) is 1.34. The minimum absolute atomic E-state index is 0.0196. The molecule has 8 heteroatoms. The highest BCUT2D eigenvalue weighted by atomic mass is 16.6. The molecule has 0 aromatic rings. The van der Waals surface area contributed by atoms with E-state index in [9.17, 15) is 19.2 Å². The minimum atomic E-state index is -0.689. The average Bonchev–Trinajstić information content (AvgIpc) is 2.63. The van der Waals surface area contributed by atoms with Gasteiger partial charge in [0.1, 0.15) is 13.2 Å². The fraction of sp³-hybridized carbons (Fsp3) is 0.333.